The monoisotopic (exact) mass is 341 g/mol. The second kappa shape index (κ2) is 6.48. The van der Waals surface area contributed by atoms with E-state index in [4.69, 9.17) is 10.5 Å². The Bertz CT molecular complexity index is 1090. The van der Waals surface area contributed by atoms with Crippen molar-refractivity contribution in [2.45, 2.75) is 6.92 Å². The first kappa shape index (κ1) is 16.1. The predicted molar refractivity (Wildman–Crippen MR) is 106 cm³/mol. The maximum absolute atomic E-state index is 5.92. The Kier molecular flexibility index (Phi) is 4.01. The fourth-order valence-corrected chi connectivity index (χ4v) is 3.20. The molecule has 0 aliphatic rings. The van der Waals surface area contributed by atoms with Crippen LogP contribution in [0.1, 0.15) is 5.56 Å². The maximum Gasteiger partial charge on any atom is 0.220 e. The van der Waals surface area contributed by atoms with E-state index in [1.165, 1.54) is 5.56 Å². The SMILES string of the molecule is COc1ccc(-c2nc(N)ncc2-c2ccc(C)cc2)c2ccccc12. The summed E-state index contributed by atoms with van der Waals surface area (Å²) in [4.78, 5) is 8.79. The lowest BCUT2D eigenvalue weighted by Gasteiger charge is -2.14. The number of ether oxygens (including phenoxy) is 1. The zero-order valence-corrected chi connectivity index (χ0v) is 14.7. The molecule has 0 aliphatic heterocycles. The second-order valence-corrected chi connectivity index (χ2v) is 6.22. The molecule has 0 spiro atoms. The maximum atomic E-state index is 5.92. The van der Waals surface area contributed by atoms with Gasteiger partial charge >= 0.3 is 0 Å². The Morgan fingerprint density at radius 3 is 2.31 bits per heavy atom. The lowest BCUT2D eigenvalue weighted by Crippen LogP contribution is -1.99. The van der Waals surface area contributed by atoms with Gasteiger partial charge in [0, 0.05) is 22.7 Å². The van der Waals surface area contributed by atoms with Gasteiger partial charge in [-0.25, -0.2) is 9.97 Å². The van der Waals surface area contributed by atoms with Crippen LogP contribution < -0.4 is 10.5 Å². The summed E-state index contributed by atoms with van der Waals surface area (Å²) in [6.45, 7) is 2.07. The topological polar surface area (TPSA) is 61.0 Å². The van der Waals surface area contributed by atoms with Crippen molar-refractivity contribution < 1.29 is 4.74 Å². The number of rotatable bonds is 3. The molecule has 0 unspecified atom stereocenters. The largest absolute Gasteiger partial charge is 0.496 e. The van der Waals surface area contributed by atoms with E-state index >= 15 is 0 Å². The first-order chi connectivity index (χ1) is 12.7. The van der Waals surface area contributed by atoms with Gasteiger partial charge in [-0.05, 0) is 30.0 Å². The van der Waals surface area contributed by atoms with E-state index in [2.05, 4.69) is 47.2 Å². The Labute approximate surface area is 152 Å². The zero-order chi connectivity index (χ0) is 18.1. The molecule has 128 valence electrons. The number of nitrogens with two attached hydrogens (primary N) is 1. The molecule has 0 amide bonds. The molecule has 0 bridgehead atoms. The summed E-state index contributed by atoms with van der Waals surface area (Å²) in [6, 6.07) is 20.5. The minimum atomic E-state index is 0.260. The molecule has 0 radical (unpaired) electrons. The summed E-state index contributed by atoms with van der Waals surface area (Å²) in [7, 11) is 1.68. The van der Waals surface area contributed by atoms with Gasteiger partial charge in [-0.15, -0.1) is 0 Å². The molecular formula is C22H19N3O. The van der Waals surface area contributed by atoms with Gasteiger partial charge in [0.05, 0.1) is 12.8 Å². The summed E-state index contributed by atoms with van der Waals surface area (Å²) < 4.78 is 5.51. The lowest BCUT2D eigenvalue weighted by atomic mass is 9.95. The van der Waals surface area contributed by atoms with E-state index < -0.39 is 0 Å². The van der Waals surface area contributed by atoms with Crippen molar-refractivity contribution in [2.75, 3.05) is 12.8 Å². The molecule has 26 heavy (non-hydrogen) atoms. The molecule has 0 aliphatic carbocycles. The number of anilines is 1. The third kappa shape index (κ3) is 2.75. The van der Waals surface area contributed by atoms with Crippen molar-refractivity contribution in [1.29, 1.82) is 0 Å². The summed E-state index contributed by atoms with van der Waals surface area (Å²) in [5, 5.41) is 2.11. The van der Waals surface area contributed by atoms with Crippen LogP contribution in [0.3, 0.4) is 0 Å². The average molecular weight is 341 g/mol. The first-order valence-electron chi connectivity index (χ1n) is 8.43. The van der Waals surface area contributed by atoms with Gasteiger partial charge in [0.15, 0.2) is 0 Å². The van der Waals surface area contributed by atoms with Crippen LogP contribution in [0.5, 0.6) is 5.75 Å². The standard InChI is InChI=1S/C22H19N3O/c1-14-7-9-15(10-8-14)19-13-24-22(23)25-21(19)18-11-12-20(26-2)17-6-4-3-5-16(17)18/h3-13H,1-2H3,(H2,23,24,25). The van der Waals surface area contributed by atoms with Gasteiger partial charge < -0.3 is 10.5 Å². The molecule has 4 aromatic rings. The fourth-order valence-electron chi connectivity index (χ4n) is 3.20. The van der Waals surface area contributed by atoms with Crippen LogP contribution in [-0.4, -0.2) is 17.1 Å². The van der Waals surface area contributed by atoms with Gasteiger partial charge in [0.25, 0.3) is 0 Å². The van der Waals surface area contributed by atoms with Gasteiger partial charge in [-0.3, -0.25) is 0 Å². The molecule has 3 aromatic carbocycles. The van der Waals surface area contributed by atoms with Crippen LogP contribution in [0.25, 0.3) is 33.2 Å². The van der Waals surface area contributed by atoms with Gasteiger partial charge in [0.2, 0.25) is 5.95 Å². The molecule has 0 atom stereocenters. The molecule has 4 rings (SSSR count). The lowest BCUT2D eigenvalue weighted by molar-refractivity contribution is 0.420. The highest BCUT2D eigenvalue weighted by Gasteiger charge is 2.15. The van der Waals surface area contributed by atoms with Crippen molar-refractivity contribution in [3.05, 3.63) is 72.4 Å². The first-order valence-corrected chi connectivity index (χ1v) is 8.43. The van der Waals surface area contributed by atoms with Crippen molar-refractivity contribution in [1.82, 2.24) is 9.97 Å². The summed E-state index contributed by atoms with van der Waals surface area (Å²) in [6.07, 6.45) is 1.79. The summed E-state index contributed by atoms with van der Waals surface area (Å²) >= 11 is 0. The van der Waals surface area contributed by atoms with E-state index in [0.29, 0.717) is 0 Å². The van der Waals surface area contributed by atoms with Crippen LogP contribution >= 0.6 is 0 Å². The van der Waals surface area contributed by atoms with E-state index in [1.807, 2.05) is 30.3 Å². The predicted octanol–water partition coefficient (Wildman–Crippen LogP) is 4.86. The molecule has 0 saturated carbocycles. The number of hydrogen-bond acceptors (Lipinski definition) is 4. The number of aromatic nitrogens is 2. The molecule has 4 heteroatoms. The van der Waals surface area contributed by atoms with Gasteiger partial charge in [0.1, 0.15) is 5.75 Å². The third-order valence-corrected chi connectivity index (χ3v) is 4.53. The van der Waals surface area contributed by atoms with E-state index in [-0.39, 0.29) is 5.95 Å². The highest BCUT2D eigenvalue weighted by Crippen LogP contribution is 2.38. The van der Waals surface area contributed by atoms with E-state index in [9.17, 15) is 0 Å². The highest BCUT2D eigenvalue weighted by atomic mass is 16.5. The summed E-state index contributed by atoms with van der Waals surface area (Å²) in [5.74, 6) is 1.10. The van der Waals surface area contributed by atoms with Crippen molar-refractivity contribution in [2.24, 2.45) is 0 Å². The van der Waals surface area contributed by atoms with Crippen LogP contribution in [-0.2, 0) is 0 Å². The molecule has 1 aromatic heterocycles. The number of nitrogen functional groups attached to an aromatic ring is 1. The molecule has 2 N–H and O–H groups in total. The van der Waals surface area contributed by atoms with E-state index in [0.717, 1.165) is 38.9 Å². The molecular weight excluding hydrogens is 322 g/mol. The van der Waals surface area contributed by atoms with Crippen LogP contribution in [0.2, 0.25) is 0 Å². The normalized spacial score (nSPS) is 10.8. The van der Waals surface area contributed by atoms with Crippen LogP contribution in [0.4, 0.5) is 5.95 Å². The molecule has 4 nitrogen and oxygen atoms in total. The minimum absolute atomic E-state index is 0.260. The zero-order valence-electron chi connectivity index (χ0n) is 14.7. The Morgan fingerprint density at radius 1 is 0.846 bits per heavy atom. The number of methoxy groups -OCH3 is 1. The van der Waals surface area contributed by atoms with Crippen LogP contribution in [0, 0.1) is 6.92 Å². The summed E-state index contributed by atoms with van der Waals surface area (Å²) in [5.41, 5.74) is 11.0. The quantitative estimate of drug-likeness (QED) is 0.578. The number of aryl methyl sites for hydroxylation is 1. The Morgan fingerprint density at radius 2 is 1.58 bits per heavy atom. The van der Waals surface area contributed by atoms with Crippen molar-refractivity contribution >= 4 is 16.7 Å². The minimum Gasteiger partial charge on any atom is -0.496 e. The number of benzene rings is 3. The van der Waals surface area contributed by atoms with Crippen molar-refractivity contribution in [3.8, 4) is 28.1 Å². The highest BCUT2D eigenvalue weighted by molar-refractivity contribution is 6.02. The smallest absolute Gasteiger partial charge is 0.220 e. The Balaban J connectivity index is 2.01. The molecule has 1 heterocycles. The number of fused-ring (bicyclic) bond motifs is 1. The van der Waals surface area contributed by atoms with Gasteiger partial charge in [-0.2, -0.15) is 0 Å². The molecule has 0 fully saturated rings. The number of nitrogens with zero attached hydrogens (tertiary/aromatic N) is 2. The fraction of sp³-hybridized carbons (Fsp3) is 0.0909. The Hall–Kier alpha value is -3.40. The number of hydrogen-bond donors (Lipinski definition) is 1. The van der Waals surface area contributed by atoms with Crippen LogP contribution in [0.15, 0.2) is 66.9 Å². The van der Waals surface area contributed by atoms with E-state index in [1.54, 1.807) is 13.3 Å². The van der Waals surface area contributed by atoms with Crippen molar-refractivity contribution in [3.63, 3.8) is 0 Å². The second-order valence-electron chi connectivity index (χ2n) is 6.22. The third-order valence-electron chi connectivity index (χ3n) is 4.53. The molecule has 0 saturated heterocycles. The average Bonchev–Trinajstić information content (AvgIpc) is 2.68. The van der Waals surface area contributed by atoms with Gasteiger partial charge in [-0.1, -0.05) is 54.1 Å².